The molecule has 2 aliphatic rings. The Morgan fingerprint density at radius 3 is 2.43 bits per heavy atom. The fraction of sp³-hybridized carbons (Fsp3) is 0.259. The summed E-state index contributed by atoms with van der Waals surface area (Å²) in [5.41, 5.74) is 3.53. The molecule has 1 N–H and O–H groups in total. The Bertz CT molecular complexity index is 1380. The van der Waals surface area contributed by atoms with E-state index in [1.54, 1.807) is 42.3 Å². The van der Waals surface area contributed by atoms with Crippen molar-refractivity contribution < 1.29 is 18.0 Å². The molecule has 0 atom stereocenters. The maximum Gasteiger partial charge on any atom is 0.264 e. The Morgan fingerprint density at radius 2 is 1.71 bits per heavy atom. The van der Waals surface area contributed by atoms with Gasteiger partial charge in [-0.25, -0.2) is 8.42 Å². The third-order valence-corrected chi connectivity index (χ3v) is 8.37. The van der Waals surface area contributed by atoms with Crippen LogP contribution in [-0.2, 0) is 23.0 Å². The van der Waals surface area contributed by atoms with E-state index in [9.17, 15) is 18.0 Å². The molecule has 3 aromatic rings. The zero-order valence-electron chi connectivity index (χ0n) is 19.5. The number of hydrogen-bond donors (Lipinski definition) is 1. The van der Waals surface area contributed by atoms with Crippen LogP contribution in [0.1, 0.15) is 44.7 Å². The monoisotopic (exact) mass is 489 g/mol. The molecule has 0 saturated heterocycles. The van der Waals surface area contributed by atoms with Crippen molar-refractivity contribution in [2.24, 2.45) is 0 Å². The van der Waals surface area contributed by atoms with Crippen molar-refractivity contribution >= 4 is 27.5 Å². The number of carbonyl (C=O) groups is 2. The van der Waals surface area contributed by atoms with E-state index in [-0.39, 0.29) is 22.8 Å². The molecule has 35 heavy (non-hydrogen) atoms. The lowest BCUT2D eigenvalue weighted by molar-refractivity contribution is 0.0729. The molecule has 1 heterocycles. The van der Waals surface area contributed by atoms with E-state index in [0.717, 1.165) is 24.0 Å². The van der Waals surface area contributed by atoms with E-state index in [1.807, 2.05) is 36.4 Å². The normalized spacial score (nSPS) is 14.9. The first-order valence-corrected chi connectivity index (χ1v) is 13.1. The Labute approximate surface area is 205 Å². The Balaban J connectivity index is 1.39. The van der Waals surface area contributed by atoms with Gasteiger partial charge in [0, 0.05) is 37.3 Å². The Hall–Kier alpha value is -3.65. The van der Waals surface area contributed by atoms with Crippen LogP contribution < -0.4 is 9.62 Å². The van der Waals surface area contributed by atoms with Crippen molar-refractivity contribution in [3.05, 3.63) is 95.1 Å². The summed E-state index contributed by atoms with van der Waals surface area (Å²) in [5.74, 6) is -0.355. The highest BCUT2D eigenvalue weighted by molar-refractivity contribution is 7.92. The number of fused-ring (bicyclic) bond motifs is 1. The first kappa shape index (κ1) is 23.1. The first-order chi connectivity index (χ1) is 16.9. The van der Waals surface area contributed by atoms with Crippen molar-refractivity contribution in [3.8, 4) is 0 Å². The average molecular weight is 490 g/mol. The van der Waals surface area contributed by atoms with Gasteiger partial charge in [0.15, 0.2) is 0 Å². The van der Waals surface area contributed by atoms with Crippen LogP contribution in [0.15, 0.2) is 77.7 Å². The van der Waals surface area contributed by atoms with Gasteiger partial charge in [0.1, 0.15) is 0 Å². The van der Waals surface area contributed by atoms with Gasteiger partial charge in [-0.1, -0.05) is 36.4 Å². The summed E-state index contributed by atoms with van der Waals surface area (Å²) >= 11 is 0. The third kappa shape index (κ3) is 4.53. The maximum absolute atomic E-state index is 13.5. The maximum atomic E-state index is 13.5. The van der Waals surface area contributed by atoms with E-state index < -0.39 is 10.0 Å². The lowest BCUT2D eigenvalue weighted by Crippen LogP contribution is -2.33. The molecule has 0 unspecified atom stereocenters. The van der Waals surface area contributed by atoms with Crippen LogP contribution in [0.5, 0.6) is 0 Å². The van der Waals surface area contributed by atoms with Gasteiger partial charge in [-0.3, -0.25) is 13.9 Å². The SMILES string of the molecule is CNC(=O)c1ccc(CN(C(=O)c2cccc(S(=O)(=O)N3CCc4ccccc43)c2)C2CC2)cc1. The summed E-state index contributed by atoms with van der Waals surface area (Å²) in [4.78, 5) is 27.2. The van der Waals surface area contributed by atoms with Gasteiger partial charge in [-0.15, -0.1) is 0 Å². The van der Waals surface area contributed by atoms with Crippen LogP contribution in [0.3, 0.4) is 0 Å². The van der Waals surface area contributed by atoms with E-state index in [1.165, 1.54) is 10.4 Å². The molecule has 5 rings (SSSR count). The molecule has 1 aliphatic heterocycles. The molecule has 0 aromatic heterocycles. The predicted molar refractivity (Wildman–Crippen MR) is 134 cm³/mol. The van der Waals surface area contributed by atoms with Crippen molar-refractivity contribution in [2.45, 2.75) is 36.7 Å². The fourth-order valence-electron chi connectivity index (χ4n) is 4.50. The number of nitrogens with one attached hydrogen (secondary N) is 1. The van der Waals surface area contributed by atoms with Crippen LogP contribution in [0, 0.1) is 0 Å². The smallest absolute Gasteiger partial charge is 0.264 e. The number of benzene rings is 3. The zero-order chi connectivity index (χ0) is 24.6. The van der Waals surface area contributed by atoms with Gasteiger partial charge in [-0.2, -0.15) is 0 Å². The van der Waals surface area contributed by atoms with Gasteiger partial charge in [0.25, 0.3) is 21.8 Å². The van der Waals surface area contributed by atoms with Gasteiger partial charge in [0.2, 0.25) is 0 Å². The third-order valence-electron chi connectivity index (χ3n) is 6.56. The highest BCUT2D eigenvalue weighted by Crippen LogP contribution is 2.34. The minimum Gasteiger partial charge on any atom is -0.355 e. The largest absolute Gasteiger partial charge is 0.355 e. The van der Waals surface area contributed by atoms with Crippen LogP contribution in [-0.4, -0.2) is 44.8 Å². The number of rotatable bonds is 7. The summed E-state index contributed by atoms with van der Waals surface area (Å²) in [7, 11) is -2.20. The summed E-state index contributed by atoms with van der Waals surface area (Å²) in [6.07, 6.45) is 2.51. The number of nitrogens with zero attached hydrogens (tertiary/aromatic N) is 2. The zero-order valence-corrected chi connectivity index (χ0v) is 20.3. The molecular formula is C27H27N3O4S. The van der Waals surface area contributed by atoms with Gasteiger partial charge >= 0.3 is 0 Å². The Kier molecular flexibility index (Phi) is 6.06. The summed E-state index contributed by atoms with van der Waals surface area (Å²) in [6, 6.07) is 21.1. The Morgan fingerprint density at radius 1 is 0.971 bits per heavy atom. The van der Waals surface area contributed by atoms with E-state index in [0.29, 0.717) is 36.3 Å². The van der Waals surface area contributed by atoms with Gasteiger partial charge in [-0.05, 0) is 66.8 Å². The predicted octanol–water partition coefficient (Wildman–Crippen LogP) is 3.60. The van der Waals surface area contributed by atoms with E-state index in [2.05, 4.69) is 5.32 Å². The number of anilines is 1. The highest BCUT2D eigenvalue weighted by Gasteiger charge is 2.35. The molecule has 1 fully saturated rings. The topological polar surface area (TPSA) is 86.8 Å². The highest BCUT2D eigenvalue weighted by atomic mass is 32.2. The van der Waals surface area contributed by atoms with Crippen LogP contribution in [0.25, 0.3) is 0 Å². The molecule has 0 radical (unpaired) electrons. The molecule has 3 aromatic carbocycles. The van der Waals surface area contributed by atoms with Crippen molar-refractivity contribution in [1.82, 2.24) is 10.2 Å². The van der Waals surface area contributed by atoms with E-state index in [4.69, 9.17) is 0 Å². The van der Waals surface area contributed by atoms with Crippen molar-refractivity contribution in [2.75, 3.05) is 17.9 Å². The van der Waals surface area contributed by atoms with Crippen LogP contribution in [0.2, 0.25) is 0 Å². The lowest BCUT2D eigenvalue weighted by atomic mass is 10.1. The number of amides is 2. The molecule has 7 nitrogen and oxygen atoms in total. The summed E-state index contributed by atoms with van der Waals surface area (Å²) < 4.78 is 28.3. The van der Waals surface area contributed by atoms with Gasteiger partial charge in [0.05, 0.1) is 10.6 Å². The number of carbonyl (C=O) groups excluding carboxylic acids is 2. The summed E-state index contributed by atoms with van der Waals surface area (Å²) in [5, 5.41) is 2.60. The molecular weight excluding hydrogens is 462 g/mol. The molecule has 1 saturated carbocycles. The summed E-state index contributed by atoms with van der Waals surface area (Å²) in [6.45, 7) is 0.786. The molecule has 0 spiro atoms. The molecule has 8 heteroatoms. The second-order valence-electron chi connectivity index (χ2n) is 8.92. The molecule has 2 amide bonds. The number of sulfonamides is 1. The second-order valence-corrected chi connectivity index (χ2v) is 10.8. The average Bonchev–Trinajstić information content (AvgIpc) is 3.64. The lowest BCUT2D eigenvalue weighted by Gasteiger charge is -2.24. The second kappa shape index (κ2) is 9.19. The quantitative estimate of drug-likeness (QED) is 0.549. The van der Waals surface area contributed by atoms with E-state index >= 15 is 0 Å². The fourth-order valence-corrected chi connectivity index (χ4v) is 6.05. The standard InChI is InChI=1S/C27H27N3O4S/c1-28-26(31)21-11-9-19(10-12-21)18-29(23-13-14-23)27(32)22-6-4-7-24(17-22)35(33,34)30-16-15-20-5-2-3-8-25(20)30/h2-12,17,23H,13-16,18H2,1H3,(H,28,31). The number of para-hydroxylation sites is 1. The first-order valence-electron chi connectivity index (χ1n) is 11.7. The molecule has 180 valence electrons. The molecule has 1 aliphatic carbocycles. The van der Waals surface area contributed by atoms with Crippen LogP contribution in [0.4, 0.5) is 5.69 Å². The minimum absolute atomic E-state index is 0.116. The molecule has 0 bridgehead atoms. The van der Waals surface area contributed by atoms with Crippen molar-refractivity contribution in [1.29, 1.82) is 0 Å². The van der Waals surface area contributed by atoms with Gasteiger partial charge < -0.3 is 10.2 Å². The van der Waals surface area contributed by atoms with Crippen LogP contribution >= 0.6 is 0 Å². The number of hydrogen-bond acceptors (Lipinski definition) is 4. The van der Waals surface area contributed by atoms with Crippen molar-refractivity contribution in [3.63, 3.8) is 0 Å². The minimum atomic E-state index is -3.79.